The number of aromatic nitrogens is 2. The fourth-order valence-corrected chi connectivity index (χ4v) is 5.60. The summed E-state index contributed by atoms with van der Waals surface area (Å²) in [5.41, 5.74) is 0. The van der Waals surface area contributed by atoms with E-state index in [9.17, 15) is 0 Å². The minimum absolute atomic E-state index is 0.479. The molecule has 3 aliphatic rings. The molecule has 2 saturated heterocycles. The van der Waals surface area contributed by atoms with E-state index in [2.05, 4.69) is 40.3 Å². The smallest absolute Gasteiger partial charge is 0.232 e. The summed E-state index contributed by atoms with van der Waals surface area (Å²) in [6.07, 6.45) is 11.4. The van der Waals surface area contributed by atoms with Crippen molar-refractivity contribution in [3.63, 3.8) is 0 Å². The second kappa shape index (κ2) is 10.1. The van der Waals surface area contributed by atoms with Crippen LogP contribution in [0.1, 0.15) is 71.6 Å². The van der Waals surface area contributed by atoms with Crippen molar-refractivity contribution < 1.29 is 0 Å². The van der Waals surface area contributed by atoms with E-state index in [-0.39, 0.29) is 0 Å². The summed E-state index contributed by atoms with van der Waals surface area (Å²) < 4.78 is 0. The largest absolute Gasteiger partial charge is 0.360 e. The van der Waals surface area contributed by atoms with Gasteiger partial charge in [0.25, 0.3) is 0 Å². The van der Waals surface area contributed by atoms with Gasteiger partial charge in [-0.15, -0.1) is 0 Å². The molecular formula is C23H38N6S. The molecule has 0 spiro atoms. The van der Waals surface area contributed by atoms with E-state index >= 15 is 0 Å². The summed E-state index contributed by atoms with van der Waals surface area (Å²) in [4.78, 5) is 14.6. The highest BCUT2D eigenvalue weighted by molar-refractivity contribution is 7.80. The molecule has 2 aliphatic heterocycles. The maximum atomic E-state index is 5.62. The molecule has 0 radical (unpaired) electrons. The van der Waals surface area contributed by atoms with Gasteiger partial charge in [0, 0.05) is 38.3 Å². The molecule has 4 rings (SSSR count). The van der Waals surface area contributed by atoms with E-state index in [0.717, 1.165) is 37.8 Å². The van der Waals surface area contributed by atoms with Gasteiger partial charge in [-0.05, 0) is 62.6 Å². The Morgan fingerprint density at radius 3 is 2.17 bits per heavy atom. The van der Waals surface area contributed by atoms with Crippen LogP contribution in [-0.4, -0.2) is 47.3 Å². The number of hydrogen-bond donors (Lipinski definition) is 2. The van der Waals surface area contributed by atoms with Gasteiger partial charge in [-0.3, -0.25) is 0 Å². The maximum absolute atomic E-state index is 5.62. The number of nitrogens with zero attached hydrogens (tertiary/aromatic N) is 4. The molecule has 2 atom stereocenters. The van der Waals surface area contributed by atoms with Crippen molar-refractivity contribution in [3.8, 4) is 0 Å². The zero-order valence-electron chi connectivity index (χ0n) is 18.7. The minimum atomic E-state index is 0.479. The Morgan fingerprint density at radius 1 is 0.900 bits per heavy atom. The Bertz CT molecular complexity index is 704. The van der Waals surface area contributed by atoms with Crippen LogP contribution in [-0.2, 0) is 0 Å². The van der Waals surface area contributed by atoms with Gasteiger partial charge < -0.3 is 20.4 Å². The molecule has 2 N–H and O–H groups in total. The third-order valence-electron chi connectivity index (χ3n) is 6.74. The zero-order valence-corrected chi connectivity index (χ0v) is 19.5. The van der Waals surface area contributed by atoms with Crippen molar-refractivity contribution in [2.24, 2.45) is 11.8 Å². The molecule has 1 saturated carbocycles. The molecule has 3 heterocycles. The lowest BCUT2D eigenvalue weighted by molar-refractivity contribution is 0.355. The number of rotatable bonds is 4. The predicted molar refractivity (Wildman–Crippen MR) is 129 cm³/mol. The molecule has 166 valence electrons. The number of anilines is 3. The lowest BCUT2D eigenvalue weighted by Crippen LogP contribution is -2.41. The van der Waals surface area contributed by atoms with Crippen molar-refractivity contribution in [2.75, 3.05) is 41.3 Å². The van der Waals surface area contributed by atoms with E-state index in [1.165, 1.54) is 57.8 Å². The molecular weight excluding hydrogens is 392 g/mol. The molecule has 30 heavy (non-hydrogen) atoms. The fourth-order valence-electron chi connectivity index (χ4n) is 5.34. The summed E-state index contributed by atoms with van der Waals surface area (Å²) in [5, 5.41) is 7.46. The first-order chi connectivity index (χ1) is 14.6. The van der Waals surface area contributed by atoms with Crippen LogP contribution in [0, 0.1) is 11.8 Å². The Morgan fingerprint density at radius 2 is 1.50 bits per heavy atom. The Hall–Kier alpha value is -1.63. The molecule has 3 fully saturated rings. The van der Waals surface area contributed by atoms with Gasteiger partial charge in [0.1, 0.15) is 11.6 Å². The lowest BCUT2D eigenvalue weighted by atomic mass is 9.92. The van der Waals surface area contributed by atoms with E-state index in [4.69, 9.17) is 22.2 Å². The highest BCUT2D eigenvalue weighted by Crippen LogP contribution is 2.29. The van der Waals surface area contributed by atoms with Gasteiger partial charge in [-0.2, -0.15) is 9.97 Å². The number of hydrogen-bond acceptors (Lipinski definition) is 5. The summed E-state index contributed by atoms with van der Waals surface area (Å²) in [7, 11) is 0. The normalized spacial score (nSPS) is 25.8. The summed E-state index contributed by atoms with van der Waals surface area (Å²) in [5.74, 6) is 4.08. The van der Waals surface area contributed by atoms with E-state index < -0.39 is 0 Å². The quantitative estimate of drug-likeness (QED) is 0.679. The van der Waals surface area contributed by atoms with Crippen LogP contribution in [0.25, 0.3) is 0 Å². The Balaban J connectivity index is 1.52. The van der Waals surface area contributed by atoms with E-state index in [0.29, 0.717) is 28.9 Å². The standard InChI is InChI=1S/C23H38N6S/c1-17-13-18(2)16-29(15-17)21-14-20(28-11-7-4-8-12-28)25-22(26-21)27-23(30)24-19-9-5-3-6-10-19/h14,17-19H,3-13,15-16H2,1-2H3,(H2,24,25,26,27,30)/t17-,18-/m0/s1. The zero-order chi connectivity index (χ0) is 20.9. The van der Waals surface area contributed by atoms with Crippen LogP contribution in [0.5, 0.6) is 0 Å². The maximum Gasteiger partial charge on any atom is 0.232 e. The van der Waals surface area contributed by atoms with E-state index in [1.807, 2.05) is 0 Å². The first-order valence-corrected chi connectivity index (χ1v) is 12.4. The van der Waals surface area contributed by atoms with Crippen LogP contribution in [0.3, 0.4) is 0 Å². The first-order valence-electron chi connectivity index (χ1n) is 12.0. The second-order valence-electron chi connectivity index (χ2n) is 9.74. The van der Waals surface area contributed by atoms with Gasteiger partial charge >= 0.3 is 0 Å². The average Bonchev–Trinajstić information content (AvgIpc) is 2.74. The number of thiocarbonyl (C=S) groups is 1. The van der Waals surface area contributed by atoms with Crippen LogP contribution >= 0.6 is 12.2 Å². The van der Waals surface area contributed by atoms with Crippen LogP contribution < -0.4 is 20.4 Å². The fraction of sp³-hybridized carbons (Fsp3) is 0.783. The number of piperidine rings is 2. The molecule has 1 aliphatic carbocycles. The van der Waals surface area contributed by atoms with Gasteiger partial charge in [0.05, 0.1) is 0 Å². The van der Waals surface area contributed by atoms with Crippen molar-refractivity contribution in [1.82, 2.24) is 15.3 Å². The van der Waals surface area contributed by atoms with Crippen molar-refractivity contribution in [1.29, 1.82) is 0 Å². The van der Waals surface area contributed by atoms with Gasteiger partial charge in [-0.25, -0.2) is 0 Å². The molecule has 0 bridgehead atoms. The topological polar surface area (TPSA) is 56.3 Å². The van der Waals surface area contributed by atoms with Gasteiger partial charge in [0.15, 0.2) is 5.11 Å². The molecule has 1 aromatic rings. The molecule has 0 unspecified atom stereocenters. The van der Waals surface area contributed by atoms with Crippen LogP contribution in [0.15, 0.2) is 6.07 Å². The summed E-state index contributed by atoms with van der Waals surface area (Å²) >= 11 is 5.62. The van der Waals surface area contributed by atoms with Gasteiger partial charge in [-0.1, -0.05) is 33.1 Å². The monoisotopic (exact) mass is 430 g/mol. The van der Waals surface area contributed by atoms with E-state index in [1.54, 1.807) is 0 Å². The lowest BCUT2D eigenvalue weighted by Gasteiger charge is -2.36. The Labute approximate surface area is 187 Å². The van der Waals surface area contributed by atoms with Gasteiger partial charge in [0.2, 0.25) is 5.95 Å². The van der Waals surface area contributed by atoms with Crippen molar-refractivity contribution in [2.45, 2.75) is 77.7 Å². The third kappa shape index (κ3) is 5.74. The second-order valence-corrected chi connectivity index (χ2v) is 10.1. The summed E-state index contributed by atoms with van der Waals surface area (Å²) in [6, 6.07) is 2.67. The number of nitrogens with one attached hydrogen (secondary N) is 2. The Kier molecular flexibility index (Phi) is 7.28. The molecule has 0 amide bonds. The average molecular weight is 431 g/mol. The minimum Gasteiger partial charge on any atom is -0.360 e. The van der Waals surface area contributed by atoms with Crippen LogP contribution in [0.4, 0.5) is 17.6 Å². The summed E-state index contributed by atoms with van der Waals surface area (Å²) in [6.45, 7) is 8.96. The van der Waals surface area contributed by atoms with Crippen molar-refractivity contribution >= 4 is 34.9 Å². The molecule has 7 heteroatoms. The highest BCUT2D eigenvalue weighted by Gasteiger charge is 2.25. The third-order valence-corrected chi connectivity index (χ3v) is 6.96. The highest BCUT2D eigenvalue weighted by atomic mass is 32.1. The molecule has 0 aromatic carbocycles. The molecule has 6 nitrogen and oxygen atoms in total. The SMILES string of the molecule is C[C@H]1C[C@H](C)CN(c2cc(N3CCCCC3)nc(NC(=S)NC3CCCCC3)n2)C1. The first kappa shape index (κ1) is 21.6. The predicted octanol–water partition coefficient (Wildman–Crippen LogP) is 4.57. The molecule has 1 aromatic heterocycles. The van der Waals surface area contributed by atoms with Crippen LogP contribution in [0.2, 0.25) is 0 Å². The van der Waals surface area contributed by atoms with Crippen molar-refractivity contribution in [3.05, 3.63) is 6.07 Å².